The second-order valence-electron chi connectivity index (χ2n) is 5.47. The predicted octanol–water partition coefficient (Wildman–Crippen LogP) is 2.70. The molecular formula is C14H24N2O2S. The van der Waals surface area contributed by atoms with Crippen LogP contribution in [0, 0.1) is 6.92 Å². The lowest BCUT2D eigenvalue weighted by atomic mass is 9.94. The summed E-state index contributed by atoms with van der Waals surface area (Å²) in [5, 5.41) is 3.53. The molecule has 0 fully saturated rings. The molecule has 0 saturated heterocycles. The fourth-order valence-electron chi connectivity index (χ4n) is 2.20. The van der Waals surface area contributed by atoms with E-state index in [0.717, 1.165) is 10.7 Å². The van der Waals surface area contributed by atoms with Gasteiger partial charge in [0.15, 0.2) is 0 Å². The molecule has 1 aromatic rings. The van der Waals surface area contributed by atoms with Crippen LogP contribution in [0.4, 0.5) is 0 Å². The Labute approximate surface area is 119 Å². The van der Waals surface area contributed by atoms with Crippen LogP contribution in [-0.4, -0.2) is 22.7 Å². The Balaban J connectivity index is 2.69. The smallest absolute Gasteiger partial charge is 0.237 e. The van der Waals surface area contributed by atoms with E-state index in [2.05, 4.69) is 12.2 Å². The molecule has 0 aliphatic rings. The summed E-state index contributed by atoms with van der Waals surface area (Å²) in [6.07, 6.45) is 2.36. The molecule has 0 aliphatic carbocycles. The van der Waals surface area contributed by atoms with Gasteiger partial charge in [-0.1, -0.05) is 6.92 Å². The lowest BCUT2D eigenvalue weighted by Crippen LogP contribution is -2.56. The fraction of sp³-hybridized carbons (Fsp3) is 0.643. The second-order valence-corrected chi connectivity index (χ2v) is 6.95. The van der Waals surface area contributed by atoms with Crippen molar-refractivity contribution < 1.29 is 9.21 Å². The van der Waals surface area contributed by atoms with Crippen LogP contribution in [0.2, 0.25) is 0 Å². The van der Waals surface area contributed by atoms with E-state index in [1.165, 1.54) is 0 Å². The Morgan fingerprint density at radius 2 is 2.16 bits per heavy atom. The van der Waals surface area contributed by atoms with Crippen molar-refractivity contribution >= 4 is 17.7 Å². The number of nitrogens with one attached hydrogen (secondary N) is 1. The first-order valence-electron chi connectivity index (χ1n) is 6.53. The van der Waals surface area contributed by atoms with Crippen LogP contribution >= 0.6 is 11.8 Å². The molecule has 1 rings (SSSR count). The van der Waals surface area contributed by atoms with Crippen molar-refractivity contribution in [3.05, 3.63) is 18.1 Å². The zero-order valence-corrected chi connectivity index (χ0v) is 13.1. The number of carbonyl (C=O) groups excluding carboxylic acids is 1. The van der Waals surface area contributed by atoms with Crippen molar-refractivity contribution in [2.24, 2.45) is 5.73 Å². The normalized spacial score (nSPS) is 16.3. The Morgan fingerprint density at radius 3 is 2.58 bits per heavy atom. The molecule has 19 heavy (non-hydrogen) atoms. The Kier molecular flexibility index (Phi) is 5.50. The lowest BCUT2D eigenvalue weighted by Gasteiger charge is -2.32. The van der Waals surface area contributed by atoms with Gasteiger partial charge in [0.05, 0.1) is 11.8 Å². The molecule has 0 spiro atoms. The standard InChI is InChI=1S/C14H24N2O2S/c1-9(2)16-14(5,13(15)17)8-10(3)19-12-6-7-18-11(12)4/h6-7,9-10,16H,8H2,1-5H3,(H2,15,17). The van der Waals surface area contributed by atoms with E-state index in [9.17, 15) is 4.79 Å². The third kappa shape index (κ3) is 4.58. The molecule has 1 amide bonds. The number of rotatable bonds is 7. The largest absolute Gasteiger partial charge is 0.468 e. The topological polar surface area (TPSA) is 68.3 Å². The molecule has 0 aromatic carbocycles. The van der Waals surface area contributed by atoms with Gasteiger partial charge in [0.2, 0.25) is 5.91 Å². The zero-order valence-electron chi connectivity index (χ0n) is 12.3. The monoisotopic (exact) mass is 284 g/mol. The van der Waals surface area contributed by atoms with Gasteiger partial charge < -0.3 is 15.5 Å². The molecule has 0 bridgehead atoms. The van der Waals surface area contributed by atoms with Crippen LogP contribution in [0.25, 0.3) is 0 Å². The van der Waals surface area contributed by atoms with Crippen LogP contribution in [0.3, 0.4) is 0 Å². The van der Waals surface area contributed by atoms with Crippen molar-refractivity contribution in [2.45, 2.75) is 62.8 Å². The van der Waals surface area contributed by atoms with Crippen molar-refractivity contribution in [1.82, 2.24) is 5.32 Å². The van der Waals surface area contributed by atoms with E-state index in [4.69, 9.17) is 10.2 Å². The van der Waals surface area contributed by atoms with Crippen LogP contribution in [0.5, 0.6) is 0 Å². The summed E-state index contributed by atoms with van der Waals surface area (Å²) in [7, 11) is 0. The van der Waals surface area contributed by atoms with E-state index >= 15 is 0 Å². The molecule has 3 N–H and O–H groups in total. The van der Waals surface area contributed by atoms with E-state index in [0.29, 0.717) is 6.42 Å². The number of amides is 1. The van der Waals surface area contributed by atoms with E-state index in [1.54, 1.807) is 18.0 Å². The van der Waals surface area contributed by atoms with Gasteiger partial charge in [-0.2, -0.15) is 0 Å². The van der Waals surface area contributed by atoms with Gasteiger partial charge in [-0.25, -0.2) is 0 Å². The lowest BCUT2D eigenvalue weighted by molar-refractivity contribution is -0.124. The van der Waals surface area contributed by atoms with E-state index in [1.807, 2.05) is 33.8 Å². The van der Waals surface area contributed by atoms with Crippen molar-refractivity contribution in [1.29, 1.82) is 0 Å². The third-order valence-corrected chi connectivity index (χ3v) is 4.23. The first-order valence-corrected chi connectivity index (χ1v) is 7.41. The maximum atomic E-state index is 11.7. The summed E-state index contributed by atoms with van der Waals surface area (Å²) >= 11 is 1.71. The van der Waals surface area contributed by atoms with Crippen LogP contribution < -0.4 is 11.1 Å². The number of primary amides is 1. The van der Waals surface area contributed by atoms with Crippen LogP contribution in [0.15, 0.2) is 21.6 Å². The average Bonchev–Trinajstić information content (AvgIpc) is 2.62. The number of aryl methyl sites for hydroxylation is 1. The third-order valence-electron chi connectivity index (χ3n) is 2.99. The van der Waals surface area contributed by atoms with Crippen molar-refractivity contribution in [3.63, 3.8) is 0 Å². The summed E-state index contributed by atoms with van der Waals surface area (Å²) in [5.74, 6) is 0.604. The minimum atomic E-state index is -0.682. The van der Waals surface area contributed by atoms with Gasteiger partial charge in [0.25, 0.3) is 0 Å². The van der Waals surface area contributed by atoms with Gasteiger partial charge in [-0.05, 0) is 40.2 Å². The number of hydrogen-bond acceptors (Lipinski definition) is 4. The molecular weight excluding hydrogens is 260 g/mol. The maximum absolute atomic E-state index is 11.7. The summed E-state index contributed by atoms with van der Waals surface area (Å²) in [5.41, 5.74) is 4.86. The highest BCUT2D eigenvalue weighted by atomic mass is 32.2. The zero-order chi connectivity index (χ0) is 14.6. The quantitative estimate of drug-likeness (QED) is 0.755. The molecule has 1 heterocycles. The highest BCUT2D eigenvalue weighted by molar-refractivity contribution is 8.00. The SMILES string of the molecule is Cc1occc1SC(C)CC(C)(NC(C)C)C(N)=O. The van der Waals surface area contributed by atoms with Gasteiger partial charge in [-0.15, -0.1) is 11.8 Å². The molecule has 2 atom stereocenters. The van der Waals surface area contributed by atoms with Crippen LogP contribution in [0.1, 0.15) is 39.9 Å². The fourth-order valence-corrected chi connectivity index (χ4v) is 3.40. The molecule has 108 valence electrons. The van der Waals surface area contributed by atoms with Gasteiger partial charge in [0.1, 0.15) is 5.76 Å². The second kappa shape index (κ2) is 6.48. The summed E-state index contributed by atoms with van der Waals surface area (Å²) in [6, 6.07) is 2.17. The van der Waals surface area contributed by atoms with Gasteiger partial charge in [-0.3, -0.25) is 4.79 Å². The molecule has 5 heteroatoms. The number of nitrogens with two attached hydrogens (primary N) is 1. The van der Waals surface area contributed by atoms with E-state index < -0.39 is 5.54 Å². The van der Waals surface area contributed by atoms with Gasteiger partial charge in [0, 0.05) is 16.2 Å². The average molecular weight is 284 g/mol. The highest BCUT2D eigenvalue weighted by Crippen LogP contribution is 2.31. The molecule has 2 unspecified atom stereocenters. The highest BCUT2D eigenvalue weighted by Gasteiger charge is 2.33. The summed E-state index contributed by atoms with van der Waals surface area (Å²) in [6.45, 7) is 9.93. The molecule has 0 saturated carbocycles. The minimum absolute atomic E-state index is 0.213. The number of hydrogen-bond donors (Lipinski definition) is 2. The molecule has 0 radical (unpaired) electrons. The Bertz CT molecular complexity index is 431. The molecule has 1 aromatic heterocycles. The van der Waals surface area contributed by atoms with Crippen molar-refractivity contribution in [3.8, 4) is 0 Å². The molecule has 0 aliphatic heterocycles. The first-order chi connectivity index (χ1) is 8.74. The Morgan fingerprint density at radius 1 is 1.53 bits per heavy atom. The predicted molar refractivity (Wildman–Crippen MR) is 79.3 cm³/mol. The minimum Gasteiger partial charge on any atom is -0.468 e. The van der Waals surface area contributed by atoms with E-state index in [-0.39, 0.29) is 17.2 Å². The Hall–Kier alpha value is -0.940. The molecule has 4 nitrogen and oxygen atoms in total. The van der Waals surface area contributed by atoms with Crippen LogP contribution in [-0.2, 0) is 4.79 Å². The number of thioether (sulfide) groups is 1. The number of furan rings is 1. The number of carbonyl (C=O) groups is 1. The summed E-state index contributed by atoms with van der Waals surface area (Å²) < 4.78 is 5.28. The maximum Gasteiger partial charge on any atom is 0.237 e. The first kappa shape index (κ1) is 16.1. The van der Waals surface area contributed by atoms with Crippen molar-refractivity contribution in [2.75, 3.05) is 0 Å². The summed E-state index contributed by atoms with van der Waals surface area (Å²) in [4.78, 5) is 12.8. The van der Waals surface area contributed by atoms with Gasteiger partial charge >= 0.3 is 0 Å².